The number of carbonyl (C=O) groups excluding carboxylic acids is 1. The SMILES string of the molecule is CC1NCCC1C(=O)N1CCCc2cc(C(=O)O)ccc21. The first kappa shape index (κ1) is 14.1. The molecule has 0 aromatic heterocycles. The zero-order valence-electron chi connectivity index (χ0n) is 12.1. The van der Waals surface area contributed by atoms with Gasteiger partial charge in [0.15, 0.2) is 0 Å². The van der Waals surface area contributed by atoms with Gasteiger partial charge in [0.25, 0.3) is 0 Å². The number of carboxylic acid groups (broad SMARTS) is 1. The van der Waals surface area contributed by atoms with Crippen molar-refractivity contribution in [3.8, 4) is 0 Å². The van der Waals surface area contributed by atoms with Gasteiger partial charge in [0, 0.05) is 18.3 Å². The molecule has 5 heteroatoms. The van der Waals surface area contributed by atoms with Crippen LogP contribution in [-0.4, -0.2) is 36.1 Å². The number of carbonyl (C=O) groups is 2. The third kappa shape index (κ3) is 2.53. The van der Waals surface area contributed by atoms with E-state index >= 15 is 0 Å². The molecule has 0 radical (unpaired) electrons. The molecule has 1 aromatic rings. The van der Waals surface area contributed by atoms with Crippen LogP contribution in [-0.2, 0) is 11.2 Å². The number of rotatable bonds is 2. The molecule has 2 unspecified atom stereocenters. The maximum absolute atomic E-state index is 12.8. The topological polar surface area (TPSA) is 69.6 Å². The van der Waals surface area contributed by atoms with Crippen LogP contribution in [0.25, 0.3) is 0 Å². The summed E-state index contributed by atoms with van der Waals surface area (Å²) < 4.78 is 0. The van der Waals surface area contributed by atoms with Crippen molar-refractivity contribution in [2.24, 2.45) is 5.92 Å². The van der Waals surface area contributed by atoms with Gasteiger partial charge in [-0.1, -0.05) is 0 Å². The van der Waals surface area contributed by atoms with E-state index in [-0.39, 0.29) is 17.9 Å². The molecule has 1 saturated heterocycles. The zero-order valence-corrected chi connectivity index (χ0v) is 12.1. The Labute approximate surface area is 123 Å². The van der Waals surface area contributed by atoms with Crippen molar-refractivity contribution in [3.05, 3.63) is 29.3 Å². The lowest BCUT2D eigenvalue weighted by atomic mass is 9.95. The van der Waals surface area contributed by atoms with Crippen LogP contribution in [0.5, 0.6) is 0 Å². The van der Waals surface area contributed by atoms with E-state index in [1.165, 1.54) is 0 Å². The molecule has 0 saturated carbocycles. The summed E-state index contributed by atoms with van der Waals surface area (Å²) >= 11 is 0. The Morgan fingerprint density at radius 2 is 2.19 bits per heavy atom. The first-order chi connectivity index (χ1) is 10.1. The van der Waals surface area contributed by atoms with Crippen LogP contribution in [0, 0.1) is 5.92 Å². The molecule has 2 atom stereocenters. The Morgan fingerprint density at radius 1 is 1.38 bits per heavy atom. The molecule has 0 aliphatic carbocycles. The standard InChI is InChI=1S/C16H20N2O3/c1-10-13(6-7-17-10)15(19)18-8-2-3-11-9-12(16(20)21)4-5-14(11)18/h4-5,9-10,13,17H,2-3,6-8H2,1H3,(H,20,21). The van der Waals surface area contributed by atoms with E-state index < -0.39 is 5.97 Å². The molecular formula is C16H20N2O3. The maximum atomic E-state index is 12.8. The van der Waals surface area contributed by atoms with E-state index in [2.05, 4.69) is 5.32 Å². The summed E-state index contributed by atoms with van der Waals surface area (Å²) in [7, 11) is 0. The molecule has 2 aliphatic heterocycles. The van der Waals surface area contributed by atoms with Gasteiger partial charge in [-0.05, 0) is 56.5 Å². The molecule has 2 aliphatic rings. The summed E-state index contributed by atoms with van der Waals surface area (Å²) in [5.74, 6) is -0.735. The summed E-state index contributed by atoms with van der Waals surface area (Å²) in [5, 5.41) is 12.4. The number of benzene rings is 1. The van der Waals surface area contributed by atoms with Crippen LogP contribution in [0.15, 0.2) is 18.2 Å². The first-order valence-electron chi connectivity index (χ1n) is 7.49. The summed E-state index contributed by atoms with van der Waals surface area (Å²) in [4.78, 5) is 25.7. The number of hydrogen-bond donors (Lipinski definition) is 2. The summed E-state index contributed by atoms with van der Waals surface area (Å²) in [6.45, 7) is 3.66. The van der Waals surface area contributed by atoms with Crippen molar-refractivity contribution >= 4 is 17.6 Å². The van der Waals surface area contributed by atoms with Gasteiger partial charge >= 0.3 is 5.97 Å². The third-order valence-corrected chi connectivity index (χ3v) is 4.55. The van der Waals surface area contributed by atoms with Crippen LogP contribution in [0.2, 0.25) is 0 Å². The number of nitrogens with one attached hydrogen (secondary N) is 1. The lowest BCUT2D eigenvalue weighted by molar-refractivity contribution is -0.122. The lowest BCUT2D eigenvalue weighted by Crippen LogP contribution is -2.42. The van der Waals surface area contributed by atoms with Crippen molar-refractivity contribution < 1.29 is 14.7 Å². The van der Waals surface area contributed by atoms with E-state index in [1.807, 2.05) is 11.8 Å². The normalized spacial score (nSPS) is 24.7. The summed E-state index contributed by atoms with van der Waals surface area (Å²) in [5.41, 5.74) is 2.14. The van der Waals surface area contributed by atoms with Gasteiger partial charge < -0.3 is 15.3 Å². The Balaban J connectivity index is 1.90. The molecule has 3 rings (SSSR count). The minimum absolute atomic E-state index is 0.0232. The van der Waals surface area contributed by atoms with Gasteiger partial charge in [0.05, 0.1) is 11.5 Å². The van der Waals surface area contributed by atoms with Crippen molar-refractivity contribution in [3.63, 3.8) is 0 Å². The fourth-order valence-corrected chi connectivity index (χ4v) is 3.36. The van der Waals surface area contributed by atoms with Gasteiger partial charge in [-0.2, -0.15) is 0 Å². The summed E-state index contributed by atoms with van der Waals surface area (Å²) in [6, 6.07) is 5.28. The lowest BCUT2D eigenvalue weighted by Gasteiger charge is -2.32. The predicted molar refractivity (Wildman–Crippen MR) is 79.6 cm³/mol. The average molecular weight is 288 g/mol. The molecule has 1 amide bonds. The number of anilines is 1. The molecule has 1 fully saturated rings. The van der Waals surface area contributed by atoms with Crippen molar-refractivity contribution in [2.75, 3.05) is 18.0 Å². The van der Waals surface area contributed by atoms with E-state index in [4.69, 9.17) is 5.11 Å². The number of fused-ring (bicyclic) bond motifs is 1. The monoisotopic (exact) mass is 288 g/mol. The molecule has 112 valence electrons. The van der Waals surface area contributed by atoms with Crippen molar-refractivity contribution in [1.29, 1.82) is 0 Å². The Kier molecular flexibility index (Phi) is 3.68. The highest BCUT2D eigenvalue weighted by molar-refractivity contribution is 5.97. The quantitative estimate of drug-likeness (QED) is 0.868. The smallest absolute Gasteiger partial charge is 0.335 e. The maximum Gasteiger partial charge on any atom is 0.335 e. The predicted octanol–water partition coefficient (Wildman–Crippen LogP) is 1.66. The zero-order chi connectivity index (χ0) is 15.0. The number of nitrogens with zero attached hydrogens (tertiary/aromatic N) is 1. The number of amides is 1. The number of aryl methyl sites for hydroxylation is 1. The van der Waals surface area contributed by atoms with Crippen molar-refractivity contribution in [2.45, 2.75) is 32.2 Å². The minimum Gasteiger partial charge on any atom is -0.478 e. The minimum atomic E-state index is -0.921. The Morgan fingerprint density at radius 3 is 2.86 bits per heavy atom. The largest absolute Gasteiger partial charge is 0.478 e. The number of aromatic carboxylic acids is 1. The first-order valence-corrected chi connectivity index (χ1v) is 7.49. The second-order valence-corrected chi connectivity index (χ2v) is 5.88. The molecule has 21 heavy (non-hydrogen) atoms. The fourth-order valence-electron chi connectivity index (χ4n) is 3.36. The molecule has 1 aromatic carbocycles. The van der Waals surface area contributed by atoms with Crippen LogP contribution < -0.4 is 10.2 Å². The number of hydrogen-bond acceptors (Lipinski definition) is 3. The number of carboxylic acids is 1. The van der Waals surface area contributed by atoms with Crippen LogP contribution in [0.4, 0.5) is 5.69 Å². The van der Waals surface area contributed by atoms with E-state index in [0.717, 1.165) is 43.6 Å². The Hall–Kier alpha value is -1.88. The summed E-state index contributed by atoms with van der Waals surface area (Å²) in [6.07, 6.45) is 2.59. The van der Waals surface area contributed by atoms with E-state index in [1.54, 1.807) is 18.2 Å². The highest BCUT2D eigenvalue weighted by Crippen LogP contribution is 2.31. The molecule has 0 bridgehead atoms. The van der Waals surface area contributed by atoms with E-state index in [0.29, 0.717) is 5.56 Å². The molecule has 0 spiro atoms. The average Bonchev–Trinajstić information content (AvgIpc) is 2.91. The molecule has 2 N–H and O–H groups in total. The second-order valence-electron chi connectivity index (χ2n) is 5.88. The van der Waals surface area contributed by atoms with Gasteiger partial charge in [-0.3, -0.25) is 4.79 Å². The van der Waals surface area contributed by atoms with Gasteiger partial charge in [-0.15, -0.1) is 0 Å². The molecule has 5 nitrogen and oxygen atoms in total. The fraction of sp³-hybridized carbons (Fsp3) is 0.500. The van der Waals surface area contributed by atoms with E-state index in [9.17, 15) is 9.59 Å². The highest BCUT2D eigenvalue weighted by atomic mass is 16.4. The highest BCUT2D eigenvalue weighted by Gasteiger charge is 2.34. The van der Waals surface area contributed by atoms with Crippen molar-refractivity contribution in [1.82, 2.24) is 5.32 Å². The second kappa shape index (κ2) is 5.48. The van der Waals surface area contributed by atoms with Gasteiger partial charge in [-0.25, -0.2) is 4.79 Å². The van der Waals surface area contributed by atoms with Gasteiger partial charge in [0.2, 0.25) is 5.91 Å². The van der Waals surface area contributed by atoms with Crippen LogP contribution >= 0.6 is 0 Å². The van der Waals surface area contributed by atoms with Crippen LogP contribution in [0.3, 0.4) is 0 Å². The molecule has 2 heterocycles. The Bertz CT molecular complexity index is 585. The van der Waals surface area contributed by atoms with Gasteiger partial charge in [0.1, 0.15) is 0 Å². The van der Waals surface area contributed by atoms with Crippen LogP contribution in [0.1, 0.15) is 35.7 Å². The molecular weight excluding hydrogens is 268 g/mol. The third-order valence-electron chi connectivity index (χ3n) is 4.55.